The number of aromatic nitrogens is 2. The van der Waals surface area contributed by atoms with Crippen LogP contribution >= 0.6 is 11.6 Å². The predicted molar refractivity (Wildman–Crippen MR) is 89.2 cm³/mol. The van der Waals surface area contributed by atoms with E-state index in [0.717, 1.165) is 19.5 Å². The minimum atomic E-state index is 0.379. The van der Waals surface area contributed by atoms with E-state index in [-0.39, 0.29) is 0 Å². The van der Waals surface area contributed by atoms with Crippen LogP contribution in [0.4, 0.5) is 11.8 Å². The van der Waals surface area contributed by atoms with Gasteiger partial charge in [0.25, 0.3) is 0 Å². The van der Waals surface area contributed by atoms with Crippen LogP contribution in [0.3, 0.4) is 0 Å². The average molecular weight is 305 g/mol. The Balaban J connectivity index is 1.99. The molecule has 0 saturated heterocycles. The molecule has 2 N–H and O–H groups in total. The van der Waals surface area contributed by atoms with Crippen molar-refractivity contribution < 1.29 is 0 Å². The van der Waals surface area contributed by atoms with Crippen molar-refractivity contribution in [2.24, 2.45) is 0 Å². The summed E-state index contributed by atoms with van der Waals surface area (Å²) in [6.45, 7) is 5.90. The highest BCUT2D eigenvalue weighted by molar-refractivity contribution is 6.32. The molecule has 21 heavy (non-hydrogen) atoms. The van der Waals surface area contributed by atoms with Gasteiger partial charge >= 0.3 is 0 Å². The first-order valence-electron chi connectivity index (χ1n) is 7.26. The molecule has 1 heterocycles. The third-order valence-corrected chi connectivity index (χ3v) is 3.50. The van der Waals surface area contributed by atoms with Gasteiger partial charge in [0, 0.05) is 13.1 Å². The summed E-state index contributed by atoms with van der Waals surface area (Å²) < 4.78 is 0. The topological polar surface area (TPSA) is 49.8 Å². The van der Waals surface area contributed by atoms with Crippen LogP contribution in [0.25, 0.3) is 0 Å². The molecule has 1 aromatic heterocycles. The first kappa shape index (κ1) is 15.6. The van der Waals surface area contributed by atoms with E-state index >= 15 is 0 Å². The van der Waals surface area contributed by atoms with Gasteiger partial charge < -0.3 is 10.6 Å². The summed E-state index contributed by atoms with van der Waals surface area (Å²) in [4.78, 5) is 8.58. The monoisotopic (exact) mass is 304 g/mol. The number of rotatable bonds is 7. The smallest absolute Gasteiger partial charge is 0.224 e. The number of nitrogens with one attached hydrogen (secondary N) is 2. The van der Waals surface area contributed by atoms with Gasteiger partial charge in [-0.2, -0.15) is 4.98 Å². The SMILES string of the molecule is CCCNc1ncc(Cl)c(NCC(C)c2ccccc2)n1. The second-order valence-corrected chi connectivity index (χ2v) is 5.42. The van der Waals surface area contributed by atoms with Crippen LogP contribution in [0.1, 0.15) is 31.7 Å². The van der Waals surface area contributed by atoms with Gasteiger partial charge in [0.1, 0.15) is 5.02 Å². The molecule has 0 amide bonds. The third kappa shape index (κ3) is 4.60. The lowest BCUT2D eigenvalue weighted by molar-refractivity contribution is 0.801. The van der Waals surface area contributed by atoms with Gasteiger partial charge in [-0.05, 0) is 17.9 Å². The lowest BCUT2D eigenvalue weighted by Crippen LogP contribution is -2.13. The largest absolute Gasteiger partial charge is 0.368 e. The minimum Gasteiger partial charge on any atom is -0.368 e. The van der Waals surface area contributed by atoms with Crippen molar-refractivity contribution in [3.63, 3.8) is 0 Å². The molecule has 0 aliphatic rings. The zero-order chi connectivity index (χ0) is 15.1. The van der Waals surface area contributed by atoms with E-state index in [1.165, 1.54) is 5.56 Å². The van der Waals surface area contributed by atoms with Gasteiger partial charge in [-0.25, -0.2) is 4.98 Å². The molecule has 2 rings (SSSR count). The van der Waals surface area contributed by atoms with Crippen LogP contribution in [-0.4, -0.2) is 23.1 Å². The van der Waals surface area contributed by atoms with Gasteiger partial charge in [-0.15, -0.1) is 0 Å². The van der Waals surface area contributed by atoms with E-state index in [2.05, 4.69) is 58.7 Å². The number of halogens is 1. The molecule has 112 valence electrons. The Morgan fingerprint density at radius 1 is 1.19 bits per heavy atom. The molecule has 0 aliphatic carbocycles. The molecule has 2 aromatic rings. The maximum Gasteiger partial charge on any atom is 0.224 e. The van der Waals surface area contributed by atoms with Gasteiger partial charge in [0.05, 0.1) is 6.20 Å². The van der Waals surface area contributed by atoms with E-state index < -0.39 is 0 Å². The van der Waals surface area contributed by atoms with Crippen LogP contribution in [-0.2, 0) is 0 Å². The van der Waals surface area contributed by atoms with Crippen molar-refractivity contribution in [1.29, 1.82) is 0 Å². The van der Waals surface area contributed by atoms with E-state index in [4.69, 9.17) is 11.6 Å². The molecule has 4 nitrogen and oxygen atoms in total. The summed E-state index contributed by atoms with van der Waals surface area (Å²) in [7, 11) is 0. The quantitative estimate of drug-likeness (QED) is 0.806. The van der Waals surface area contributed by atoms with Crippen molar-refractivity contribution >= 4 is 23.4 Å². The second kappa shape index (κ2) is 7.84. The van der Waals surface area contributed by atoms with Crippen molar-refractivity contribution in [1.82, 2.24) is 9.97 Å². The summed E-state index contributed by atoms with van der Waals surface area (Å²) in [6.07, 6.45) is 2.65. The maximum absolute atomic E-state index is 6.14. The van der Waals surface area contributed by atoms with Crippen molar-refractivity contribution in [2.45, 2.75) is 26.2 Å². The number of hydrogen-bond acceptors (Lipinski definition) is 4. The summed E-state index contributed by atoms with van der Waals surface area (Å²) in [6, 6.07) is 10.4. The van der Waals surface area contributed by atoms with Gasteiger partial charge in [-0.3, -0.25) is 0 Å². The van der Waals surface area contributed by atoms with Crippen LogP contribution in [0.15, 0.2) is 36.5 Å². The highest BCUT2D eigenvalue weighted by Gasteiger charge is 2.08. The van der Waals surface area contributed by atoms with E-state index in [0.29, 0.717) is 22.7 Å². The second-order valence-electron chi connectivity index (χ2n) is 5.01. The molecule has 0 radical (unpaired) electrons. The highest BCUT2D eigenvalue weighted by atomic mass is 35.5. The fourth-order valence-corrected chi connectivity index (χ4v) is 2.12. The van der Waals surface area contributed by atoms with Gasteiger partial charge in [-0.1, -0.05) is 55.8 Å². The molecule has 0 bridgehead atoms. The molecule has 0 spiro atoms. The first-order valence-corrected chi connectivity index (χ1v) is 7.63. The molecule has 0 aliphatic heterocycles. The third-order valence-electron chi connectivity index (χ3n) is 3.22. The fourth-order valence-electron chi connectivity index (χ4n) is 1.96. The van der Waals surface area contributed by atoms with E-state index in [1.54, 1.807) is 6.20 Å². The molecule has 1 aromatic carbocycles. The van der Waals surface area contributed by atoms with Crippen molar-refractivity contribution in [3.8, 4) is 0 Å². The first-order chi connectivity index (χ1) is 10.2. The zero-order valence-electron chi connectivity index (χ0n) is 12.4. The lowest BCUT2D eigenvalue weighted by Gasteiger charge is -2.14. The Morgan fingerprint density at radius 2 is 1.95 bits per heavy atom. The van der Waals surface area contributed by atoms with E-state index in [9.17, 15) is 0 Å². The van der Waals surface area contributed by atoms with Crippen LogP contribution in [0, 0.1) is 0 Å². The number of hydrogen-bond donors (Lipinski definition) is 2. The average Bonchev–Trinajstić information content (AvgIpc) is 2.53. The molecule has 5 heteroatoms. The summed E-state index contributed by atoms with van der Waals surface area (Å²) in [5, 5.41) is 7.00. The fraction of sp³-hybridized carbons (Fsp3) is 0.375. The van der Waals surface area contributed by atoms with Crippen LogP contribution in [0.2, 0.25) is 5.02 Å². The molecule has 1 atom stereocenters. The number of anilines is 2. The number of benzene rings is 1. The van der Waals surface area contributed by atoms with Gasteiger partial charge in [0.2, 0.25) is 5.95 Å². The summed E-state index contributed by atoms with van der Waals surface area (Å²) in [5.41, 5.74) is 1.29. The summed E-state index contributed by atoms with van der Waals surface area (Å²) >= 11 is 6.14. The standard InChI is InChI=1S/C16H21ClN4/c1-3-9-18-16-20-11-14(17)15(21-16)19-10-12(2)13-7-5-4-6-8-13/h4-8,11-12H,3,9-10H2,1-2H3,(H2,18,19,20,21). The predicted octanol–water partition coefficient (Wildman–Crippen LogP) is 4.17. The molecular formula is C16H21ClN4. The normalized spacial score (nSPS) is 12.0. The highest BCUT2D eigenvalue weighted by Crippen LogP contribution is 2.21. The molecule has 0 fully saturated rings. The Hall–Kier alpha value is -1.81. The Bertz CT molecular complexity index is 559. The number of nitrogens with zero attached hydrogens (tertiary/aromatic N) is 2. The van der Waals surface area contributed by atoms with Gasteiger partial charge in [0.15, 0.2) is 5.82 Å². The Morgan fingerprint density at radius 3 is 2.67 bits per heavy atom. The molecule has 1 unspecified atom stereocenters. The Kier molecular flexibility index (Phi) is 5.81. The lowest BCUT2D eigenvalue weighted by atomic mass is 10.0. The molecule has 0 saturated carbocycles. The summed E-state index contributed by atoms with van der Waals surface area (Å²) in [5.74, 6) is 1.66. The maximum atomic E-state index is 6.14. The van der Waals surface area contributed by atoms with Crippen molar-refractivity contribution in [3.05, 3.63) is 47.1 Å². The van der Waals surface area contributed by atoms with Crippen molar-refractivity contribution in [2.75, 3.05) is 23.7 Å². The minimum absolute atomic E-state index is 0.379. The molecular weight excluding hydrogens is 284 g/mol. The van der Waals surface area contributed by atoms with Crippen LogP contribution < -0.4 is 10.6 Å². The van der Waals surface area contributed by atoms with Crippen LogP contribution in [0.5, 0.6) is 0 Å². The van der Waals surface area contributed by atoms with E-state index in [1.807, 2.05) is 6.07 Å². The zero-order valence-corrected chi connectivity index (χ0v) is 13.2. The Labute approximate surface area is 131 Å².